The Labute approximate surface area is 294 Å². The molecule has 0 bridgehead atoms. The van der Waals surface area contributed by atoms with E-state index in [1.807, 2.05) is 75.9 Å². The molecule has 11 heteroatoms. The van der Waals surface area contributed by atoms with E-state index in [9.17, 15) is 24.0 Å². The summed E-state index contributed by atoms with van der Waals surface area (Å²) in [5.41, 5.74) is 2.64. The van der Waals surface area contributed by atoms with Gasteiger partial charge >= 0.3 is 0 Å². The molecule has 1 saturated heterocycles. The SMILES string of the molecule is CC.CC(C)CC1CCC(=O)NCC(=O)NCC(=O)NCC(=O)NCC(=O)N1C.CCCSC.Cc1ccccc1.Cc1ccccc1. The number of nitrogens with zero attached hydrogens (tertiary/aromatic N) is 1. The predicted octanol–water partition coefficient (Wildman–Crippen LogP) is 4.89. The van der Waals surface area contributed by atoms with Crippen LogP contribution in [0.4, 0.5) is 0 Å². The minimum Gasteiger partial charge on any atom is -0.347 e. The molecule has 1 aliphatic heterocycles. The molecule has 270 valence electrons. The lowest BCUT2D eigenvalue weighted by Gasteiger charge is -2.29. The van der Waals surface area contributed by atoms with Gasteiger partial charge in [-0.05, 0) is 51.0 Å². The summed E-state index contributed by atoms with van der Waals surface area (Å²) in [6, 6.07) is 20.4. The molecule has 2 aromatic rings. The first-order chi connectivity index (χ1) is 22.9. The average Bonchev–Trinajstić information content (AvgIpc) is 3.08. The van der Waals surface area contributed by atoms with Gasteiger partial charge in [-0.3, -0.25) is 24.0 Å². The van der Waals surface area contributed by atoms with E-state index in [0.717, 1.165) is 0 Å². The van der Waals surface area contributed by atoms with Crippen molar-refractivity contribution in [3.63, 3.8) is 0 Å². The number of hydrogen-bond acceptors (Lipinski definition) is 6. The van der Waals surface area contributed by atoms with Crippen molar-refractivity contribution >= 4 is 41.3 Å². The van der Waals surface area contributed by atoms with E-state index in [4.69, 9.17) is 0 Å². The van der Waals surface area contributed by atoms with Gasteiger partial charge in [0.2, 0.25) is 29.5 Å². The molecular formula is C37H61N5O5S. The van der Waals surface area contributed by atoms with Crippen molar-refractivity contribution in [3.8, 4) is 0 Å². The van der Waals surface area contributed by atoms with Gasteiger partial charge in [0.1, 0.15) is 0 Å². The Kier molecular flexibility index (Phi) is 29.4. The molecule has 0 radical (unpaired) electrons. The number of likely N-dealkylation sites (N-methyl/N-ethyl adjacent to an activating group) is 1. The molecule has 1 unspecified atom stereocenters. The van der Waals surface area contributed by atoms with E-state index in [1.165, 1.54) is 28.2 Å². The van der Waals surface area contributed by atoms with Crippen LogP contribution in [0.5, 0.6) is 0 Å². The minimum absolute atomic E-state index is 0.162. The minimum atomic E-state index is -0.547. The fourth-order valence-electron chi connectivity index (χ4n) is 3.90. The molecule has 0 aromatic heterocycles. The second-order valence-corrected chi connectivity index (χ2v) is 12.2. The van der Waals surface area contributed by atoms with E-state index in [1.54, 1.807) is 7.05 Å². The number of aryl methyl sites for hydroxylation is 2. The van der Waals surface area contributed by atoms with Crippen molar-refractivity contribution in [2.24, 2.45) is 5.92 Å². The molecule has 0 saturated carbocycles. The van der Waals surface area contributed by atoms with Gasteiger partial charge in [0.05, 0.1) is 26.2 Å². The van der Waals surface area contributed by atoms with Crippen LogP contribution in [-0.4, -0.2) is 85.7 Å². The van der Waals surface area contributed by atoms with Crippen LogP contribution in [0, 0.1) is 19.8 Å². The molecule has 5 amide bonds. The van der Waals surface area contributed by atoms with Crippen LogP contribution in [0.3, 0.4) is 0 Å². The number of nitrogens with one attached hydrogen (secondary N) is 4. The zero-order valence-corrected chi connectivity index (χ0v) is 31.5. The summed E-state index contributed by atoms with van der Waals surface area (Å²) in [5.74, 6) is -0.507. The molecule has 4 N–H and O–H groups in total. The standard InChI is InChI=1S/C17H29N5O5.2C7H8.C4H10S.C2H6/c1-11(2)6-12-4-5-13(23)18-7-14(24)19-8-15(25)20-9-16(26)21-10-17(27)22(12)3;2*1-7-5-3-2-4-6-7;1-3-4-5-2;1-2/h11-12H,4-10H2,1-3H3,(H,18,23)(H,19,24)(H,20,25)(H,21,26);2*2-6H,1H3;3-4H2,1-2H3;1-2H3. The quantitative estimate of drug-likeness (QED) is 0.361. The number of amides is 5. The Hall–Kier alpha value is -3.86. The maximum Gasteiger partial charge on any atom is 0.241 e. The van der Waals surface area contributed by atoms with Crippen LogP contribution < -0.4 is 21.3 Å². The summed E-state index contributed by atoms with van der Waals surface area (Å²) in [5, 5.41) is 9.64. The molecule has 1 aliphatic rings. The monoisotopic (exact) mass is 687 g/mol. The first-order valence-corrected chi connectivity index (χ1v) is 18.1. The fourth-order valence-corrected chi connectivity index (χ4v) is 4.31. The molecule has 10 nitrogen and oxygen atoms in total. The van der Waals surface area contributed by atoms with Crippen molar-refractivity contribution in [1.82, 2.24) is 26.2 Å². The summed E-state index contributed by atoms with van der Waals surface area (Å²) in [6.45, 7) is 13.4. The first-order valence-electron chi connectivity index (χ1n) is 16.7. The summed E-state index contributed by atoms with van der Waals surface area (Å²) in [7, 11) is 1.64. The van der Waals surface area contributed by atoms with E-state index < -0.39 is 17.7 Å². The molecule has 0 aliphatic carbocycles. The molecular weight excluding hydrogens is 627 g/mol. The van der Waals surface area contributed by atoms with Crippen LogP contribution >= 0.6 is 11.8 Å². The lowest BCUT2D eigenvalue weighted by molar-refractivity contribution is -0.134. The number of benzene rings is 2. The lowest BCUT2D eigenvalue weighted by Crippen LogP contribution is -2.46. The Morgan fingerprint density at radius 2 is 1.10 bits per heavy atom. The van der Waals surface area contributed by atoms with Crippen LogP contribution in [0.15, 0.2) is 60.7 Å². The fraction of sp³-hybridized carbons (Fsp3) is 0.541. The third kappa shape index (κ3) is 27.3. The van der Waals surface area contributed by atoms with Gasteiger partial charge in [-0.1, -0.05) is 106 Å². The Morgan fingerprint density at radius 3 is 1.42 bits per heavy atom. The highest BCUT2D eigenvalue weighted by molar-refractivity contribution is 7.98. The normalized spacial score (nSPS) is 15.8. The van der Waals surface area contributed by atoms with Crippen molar-refractivity contribution in [3.05, 3.63) is 71.8 Å². The molecule has 0 spiro atoms. The topological polar surface area (TPSA) is 137 Å². The number of carbonyl (C=O) groups excluding carboxylic acids is 5. The predicted molar refractivity (Wildman–Crippen MR) is 200 cm³/mol. The van der Waals surface area contributed by atoms with Crippen LogP contribution in [0.1, 0.15) is 71.4 Å². The van der Waals surface area contributed by atoms with Gasteiger partial charge < -0.3 is 26.2 Å². The smallest absolute Gasteiger partial charge is 0.241 e. The maximum absolute atomic E-state index is 12.4. The van der Waals surface area contributed by atoms with Crippen molar-refractivity contribution in [2.75, 3.05) is 45.2 Å². The van der Waals surface area contributed by atoms with E-state index in [-0.39, 0.29) is 50.5 Å². The molecule has 1 fully saturated rings. The highest BCUT2D eigenvalue weighted by Crippen LogP contribution is 2.15. The van der Waals surface area contributed by atoms with Crippen molar-refractivity contribution in [2.45, 2.75) is 80.2 Å². The summed E-state index contributed by atoms with van der Waals surface area (Å²) in [6.07, 6.45) is 4.75. The second kappa shape index (κ2) is 30.5. The Morgan fingerprint density at radius 1 is 0.708 bits per heavy atom. The summed E-state index contributed by atoms with van der Waals surface area (Å²) in [4.78, 5) is 60.9. The van der Waals surface area contributed by atoms with Gasteiger partial charge in [-0.2, -0.15) is 11.8 Å². The summed E-state index contributed by atoms with van der Waals surface area (Å²) < 4.78 is 0. The Bertz CT molecular complexity index is 1110. The van der Waals surface area contributed by atoms with E-state index in [2.05, 4.69) is 72.6 Å². The molecule has 2 aromatic carbocycles. The third-order valence-corrected chi connectivity index (χ3v) is 7.27. The van der Waals surface area contributed by atoms with Gasteiger partial charge in [-0.15, -0.1) is 0 Å². The molecule has 3 rings (SSSR count). The van der Waals surface area contributed by atoms with Crippen molar-refractivity contribution < 1.29 is 24.0 Å². The van der Waals surface area contributed by atoms with Crippen molar-refractivity contribution in [1.29, 1.82) is 0 Å². The molecule has 48 heavy (non-hydrogen) atoms. The van der Waals surface area contributed by atoms with Gasteiger partial charge in [0, 0.05) is 19.5 Å². The van der Waals surface area contributed by atoms with Crippen LogP contribution in [0.25, 0.3) is 0 Å². The number of thioether (sulfide) groups is 1. The molecule has 1 heterocycles. The highest BCUT2D eigenvalue weighted by Gasteiger charge is 2.22. The zero-order chi connectivity index (χ0) is 36.7. The highest BCUT2D eigenvalue weighted by atomic mass is 32.2. The van der Waals surface area contributed by atoms with E-state index in [0.29, 0.717) is 18.8 Å². The number of carbonyl (C=O) groups is 5. The summed E-state index contributed by atoms with van der Waals surface area (Å²) >= 11 is 1.90. The molecule has 1 atom stereocenters. The third-order valence-electron chi connectivity index (χ3n) is 6.45. The second-order valence-electron chi connectivity index (χ2n) is 11.2. The van der Waals surface area contributed by atoms with Gasteiger partial charge in [0.15, 0.2) is 0 Å². The van der Waals surface area contributed by atoms with Gasteiger partial charge in [0.25, 0.3) is 0 Å². The average molecular weight is 688 g/mol. The van der Waals surface area contributed by atoms with E-state index >= 15 is 0 Å². The number of hydrogen-bond donors (Lipinski definition) is 4. The maximum atomic E-state index is 12.4. The first kappa shape index (κ1) is 46.3. The Balaban J connectivity index is 0. The number of rotatable bonds is 4. The van der Waals surface area contributed by atoms with Crippen LogP contribution in [0.2, 0.25) is 0 Å². The lowest BCUT2D eigenvalue weighted by atomic mass is 9.98. The zero-order valence-electron chi connectivity index (χ0n) is 30.7. The largest absolute Gasteiger partial charge is 0.347 e. The van der Waals surface area contributed by atoms with Gasteiger partial charge in [-0.25, -0.2) is 0 Å². The van der Waals surface area contributed by atoms with Crippen LogP contribution in [-0.2, 0) is 24.0 Å².